The molecule has 0 atom stereocenters. The molecule has 0 aliphatic carbocycles. The van der Waals surface area contributed by atoms with Gasteiger partial charge in [0.15, 0.2) is 0 Å². The number of hydrogen-bond acceptors (Lipinski definition) is 4. The maximum absolute atomic E-state index is 13.8. The molecule has 2 heterocycles. The Morgan fingerprint density at radius 3 is 2.29 bits per heavy atom. The third-order valence-electron chi connectivity index (χ3n) is 4.00. The zero-order valence-corrected chi connectivity index (χ0v) is 13.7. The summed E-state index contributed by atoms with van der Waals surface area (Å²) in [6, 6.07) is 6.35. The fraction of sp³-hybridized carbons (Fsp3) is 0.312. The summed E-state index contributed by atoms with van der Waals surface area (Å²) >= 11 is 0. The quantitative estimate of drug-likeness (QED) is 0.842. The smallest absolute Gasteiger partial charge is 0.246 e. The highest BCUT2D eigenvalue weighted by Crippen LogP contribution is 2.21. The van der Waals surface area contributed by atoms with Gasteiger partial charge < -0.3 is 0 Å². The first-order chi connectivity index (χ1) is 11.5. The lowest BCUT2D eigenvalue weighted by molar-refractivity contribution is 0.181. The summed E-state index contributed by atoms with van der Waals surface area (Å²) in [5.41, 5.74) is 1.10. The molecule has 1 saturated heterocycles. The van der Waals surface area contributed by atoms with Crippen LogP contribution in [0.25, 0.3) is 0 Å². The van der Waals surface area contributed by atoms with Crippen molar-refractivity contribution >= 4 is 10.0 Å². The number of benzene rings is 1. The predicted octanol–water partition coefficient (Wildman–Crippen LogP) is 1.87. The molecular formula is C16H17F2N3O2S. The highest BCUT2D eigenvalue weighted by Gasteiger charge is 2.30. The van der Waals surface area contributed by atoms with Crippen LogP contribution in [0.2, 0.25) is 0 Å². The van der Waals surface area contributed by atoms with Crippen molar-refractivity contribution in [2.24, 2.45) is 0 Å². The Morgan fingerprint density at radius 2 is 1.67 bits per heavy atom. The Bertz CT molecular complexity index is 807. The van der Waals surface area contributed by atoms with Gasteiger partial charge in [0.2, 0.25) is 10.0 Å². The van der Waals surface area contributed by atoms with Crippen LogP contribution in [-0.4, -0.2) is 48.8 Å². The molecule has 1 aromatic heterocycles. The van der Waals surface area contributed by atoms with E-state index >= 15 is 0 Å². The summed E-state index contributed by atoms with van der Waals surface area (Å²) in [5, 5.41) is 0. The molecule has 0 amide bonds. The molecule has 0 N–H and O–H groups in total. The number of pyridine rings is 1. The summed E-state index contributed by atoms with van der Waals surface area (Å²) < 4.78 is 53.1. The van der Waals surface area contributed by atoms with Gasteiger partial charge in [-0.15, -0.1) is 0 Å². The maximum Gasteiger partial charge on any atom is 0.246 e. The average Bonchev–Trinajstić information content (AvgIpc) is 2.56. The molecule has 5 nitrogen and oxygen atoms in total. The highest BCUT2D eigenvalue weighted by molar-refractivity contribution is 7.89. The normalized spacial score (nSPS) is 17.1. The topological polar surface area (TPSA) is 53.5 Å². The minimum absolute atomic E-state index is 0.268. The van der Waals surface area contributed by atoms with Crippen LogP contribution in [0, 0.1) is 11.6 Å². The zero-order chi connectivity index (χ0) is 17.2. The molecule has 0 spiro atoms. The van der Waals surface area contributed by atoms with E-state index < -0.39 is 26.6 Å². The van der Waals surface area contributed by atoms with Gasteiger partial charge >= 0.3 is 0 Å². The monoisotopic (exact) mass is 353 g/mol. The molecule has 1 aliphatic heterocycles. The third-order valence-corrected chi connectivity index (χ3v) is 5.93. The molecule has 0 bridgehead atoms. The van der Waals surface area contributed by atoms with E-state index in [9.17, 15) is 17.2 Å². The first kappa shape index (κ1) is 16.9. The van der Waals surface area contributed by atoms with Crippen molar-refractivity contribution in [3.63, 3.8) is 0 Å². The molecule has 0 saturated carbocycles. The first-order valence-electron chi connectivity index (χ1n) is 7.53. The van der Waals surface area contributed by atoms with Crippen molar-refractivity contribution < 1.29 is 17.2 Å². The van der Waals surface area contributed by atoms with E-state index in [2.05, 4.69) is 9.88 Å². The van der Waals surface area contributed by atoms with Gasteiger partial charge in [-0.3, -0.25) is 9.88 Å². The molecule has 1 aromatic carbocycles. The van der Waals surface area contributed by atoms with Crippen LogP contribution in [0.3, 0.4) is 0 Å². The Balaban J connectivity index is 1.67. The van der Waals surface area contributed by atoms with Gasteiger partial charge in [-0.25, -0.2) is 17.2 Å². The van der Waals surface area contributed by atoms with E-state index in [1.54, 1.807) is 12.4 Å². The van der Waals surface area contributed by atoms with Crippen molar-refractivity contribution in [3.05, 3.63) is 59.9 Å². The van der Waals surface area contributed by atoms with Crippen LogP contribution < -0.4 is 0 Å². The number of halogens is 2. The van der Waals surface area contributed by atoms with Crippen LogP contribution in [0.1, 0.15) is 5.56 Å². The summed E-state index contributed by atoms with van der Waals surface area (Å²) in [7, 11) is -3.95. The fourth-order valence-electron chi connectivity index (χ4n) is 2.70. The standard InChI is InChI=1S/C16H17F2N3O2S/c17-14-1-2-16(15(18)11-14)24(22,23)21-9-7-20(8-10-21)12-13-3-5-19-6-4-13/h1-6,11H,7-10,12H2. The Labute approximate surface area is 139 Å². The fourth-order valence-corrected chi connectivity index (χ4v) is 4.17. The van der Waals surface area contributed by atoms with E-state index in [4.69, 9.17) is 0 Å². The molecule has 128 valence electrons. The second-order valence-corrected chi connectivity index (χ2v) is 7.52. The minimum Gasteiger partial charge on any atom is -0.296 e. The van der Waals surface area contributed by atoms with Gasteiger partial charge in [-0.05, 0) is 29.8 Å². The Kier molecular flexibility index (Phi) is 4.88. The van der Waals surface area contributed by atoms with Crippen molar-refractivity contribution in [3.8, 4) is 0 Å². The molecule has 1 aliphatic rings. The molecule has 1 fully saturated rings. The predicted molar refractivity (Wildman–Crippen MR) is 84.6 cm³/mol. The molecule has 3 rings (SSSR count). The first-order valence-corrected chi connectivity index (χ1v) is 8.97. The number of sulfonamides is 1. The lowest BCUT2D eigenvalue weighted by Gasteiger charge is -2.34. The van der Waals surface area contributed by atoms with Gasteiger partial charge in [0.1, 0.15) is 16.5 Å². The van der Waals surface area contributed by atoms with E-state index in [1.165, 1.54) is 4.31 Å². The summed E-state index contributed by atoms with van der Waals surface area (Å²) in [6.45, 7) is 2.34. The second-order valence-electron chi connectivity index (χ2n) is 5.61. The van der Waals surface area contributed by atoms with Gasteiger partial charge in [0, 0.05) is 51.2 Å². The van der Waals surface area contributed by atoms with Crippen molar-refractivity contribution in [2.45, 2.75) is 11.4 Å². The average molecular weight is 353 g/mol. The number of rotatable bonds is 4. The van der Waals surface area contributed by atoms with Gasteiger partial charge in [-0.1, -0.05) is 0 Å². The van der Waals surface area contributed by atoms with Gasteiger partial charge in [0.25, 0.3) is 0 Å². The van der Waals surface area contributed by atoms with Crippen LogP contribution in [0.4, 0.5) is 8.78 Å². The summed E-state index contributed by atoms with van der Waals surface area (Å²) in [5.74, 6) is -1.86. The minimum atomic E-state index is -3.95. The molecule has 2 aromatic rings. The lowest BCUT2D eigenvalue weighted by atomic mass is 10.2. The molecule has 8 heteroatoms. The maximum atomic E-state index is 13.8. The number of hydrogen-bond donors (Lipinski definition) is 0. The highest BCUT2D eigenvalue weighted by atomic mass is 32.2. The number of aromatic nitrogens is 1. The van der Waals surface area contributed by atoms with Crippen LogP contribution >= 0.6 is 0 Å². The zero-order valence-electron chi connectivity index (χ0n) is 12.9. The number of piperazine rings is 1. The SMILES string of the molecule is O=S(=O)(c1ccc(F)cc1F)N1CCN(Cc2ccncc2)CC1. The lowest BCUT2D eigenvalue weighted by Crippen LogP contribution is -2.48. The van der Waals surface area contributed by atoms with E-state index in [0.29, 0.717) is 25.7 Å². The second kappa shape index (κ2) is 6.92. The van der Waals surface area contributed by atoms with E-state index in [-0.39, 0.29) is 13.1 Å². The van der Waals surface area contributed by atoms with Gasteiger partial charge in [-0.2, -0.15) is 4.31 Å². The Hall–Kier alpha value is -1.90. The molecule has 0 radical (unpaired) electrons. The molecular weight excluding hydrogens is 336 g/mol. The van der Waals surface area contributed by atoms with Gasteiger partial charge in [0.05, 0.1) is 0 Å². The van der Waals surface area contributed by atoms with Crippen molar-refractivity contribution in [2.75, 3.05) is 26.2 Å². The van der Waals surface area contributed by atoms with Crippen molar-refractivity contribution in [1.29, 1.82) is 0 Å². The van der Waals surface area contributed by atoms with Crippen LogP contribution in [-0.2, 0) is 16.6 Å². The molecule has 24 heavy (non-hydrogen) atoms. The summed E-state index contributed by atoms with van der Waals surface area (Å²) in [6.07, 6.45) is 3.43. The summed E-state index contributed by atoms with van der Waals surface area (Å²) in [4.78, 5) is 5.61. The molecule has 0 unspecified atom stereocenters. The van der Waals surface area contributed by atoms with Crippen LogP contribution in [0.15, 0.2) is 47.6 Å². The largest absolute Gasteiger partial charge is 0.296 e. The van der Waals surface area contributed by atoms with E-state index in [1.807, 2.05) is 12.1 Å². The Morgan fingerprint density at radius 1 is 1.00 bits per heavy atom. The van der Waals surface area contributed by atoms with Crippen molar-refractivity contribution in [1.82, 2.24) is 14.2 Å². The number of nitrogens with zero attached hydrogens (tertiary/aromatic N) is 3. The van der Waals surface area contributed by atoms with E-state index in [0.717, 1.165) is 17.7 Å². The third kappa shape index (κ3) is 3.61. The van der Waals surface area contributed by atoms with Crippen LogP contribution in [0.5, 0.6) is 0 Å².